The van der Waals surface area contributed by atoms with Gasteiger partial charge in [0.15, 0.2) is 0 Å². The van der Waals surface area contributed by atoms with Crippen LogP contribution in [-0.4, -0.2) is 37.6 Å². The molecule has 116 valence electrons. The van der Waals surface area contributed by atoms with E-state index in [0.29, 0.717) is 12.0 Å². The Bertz CT molecular complexity index is 503. The molecule has 2 unspecified atom stereocenters. The number of hydrogen-bond acceptors (Lipinski definition) is 3. The van der Waals surface area contributed by atoms with E-state index in [-0.39, 0.29) is 11.9 Å². The maximum absolute atomic E-state index is 14.4. The highest BCUT2D eigenvalue weighted by molar-refractivity contribution is 5.56. The Balaban J connectivity index is 1.86. The Hall–Kier alpha value is -1.13. The van der Waals surface area contributed by atoms with Crippen LogP contribution in [0.2, 0.25) is 0 Å². The van der Waals surface area contributed by atoms with Gasteiger partial charge in [-0.15, -0.1) is 0 Å². The summed E-state index contributed by atoms with van der Waals surface area (Å²) >= 11 is 0. The fraction of sp³-hybridized carbons (Fsp3) is 0.647. The van der Waals surface area contributed by atoms with Crippen molar-refractivity contribution in [2.45, 2.75) is 38.3 Å². The second-order valence-electron chi connectivity index (χ2n) is 6.65. The summed E-state index contributed by atoms with van der Waals surface area (Å²) in [4.78, 5) is 4.72. The summed E-state index contributed by atoms with van der Waals surface area (Å²) in [6.45, 7) is 5.01. The Morgan fingerprint density at radius 3 is 2.86 bits per heavy atom. The maximum Gasteiger partial charge on any atom is 0.146 e. The van der Waals surface area contributed by atoms with Gasteiger partial charge in [-0.05, 0) is 57.3 Å². The van der Waals surface area contributed by atoms with Gasteiger partial charge in [0, 0.05) is 25.2 Å². The number of nitrogens with zero attached hydrogens (tertiary/aromatic N) is 2. The molecule has 3 atom stereocenters. The van der Waals surface area contributed by atoms with E-state index in [1.54, 1.807) is 12.1 Å². The highest BCUT2D eigenvalue weighted by Gasteiger charge is 2.35. The summed E-state index contributed by atoms with van der Waals surface area (Å²) in [6.07, 6.45) is 3.63. The number of para-hydroxylation sites is 1. The zero-order valence-corrected chi connectivity index (χ0v) is 13.1. The number of rotatable bonds is 2. The zero-order chi connectivity index (χ0) is 15.0. The standard InChI is InChI=1S/C17H26FN3/c1-12(19)14-6-3-7-15(18)17(14)21-10-8-16-13(11-21)5-4-9-20(16)2/h3,6-7,12-13,16H,4-5,8-11,19H2,1-2H3/t12-,13?,16?/m1/s1. The number of piperidine rings is 2. The molecule has 2 heterocycles. The molecule has 1 aromatic carbocycles. The average molecular weight is 291 g/mol. The van der Waals surface area contributed by atoms with Gasteiger partial charge in [0.1, 0.15) is 5.82 Å². The molecule has 0 amide bonds. The van der Waals surface area contributed by atoms with Crippen molar-refractivity contribution in [1.82, 2.24) is 4.90 Å². The highest BCUT2D eigenvalue weighted by atomic mass is 19.1. The summed E-state index contributed by atoms with van der Waals surface area (Å²) in [5.74, 6) is 0.519. The Morgan fingerprint density at radius 2 is 2.10 bits per heavy atom. The topological polar surface area (TPSA) is 32.5 Å². The average Bonchev–Trinajstić information content (AvgIpc) is 2.46. The molecule has 0 aromatic heterocycles. The van der Waals surface area contributed by atoms with E-state index in [0.717, 1.165) is 30.8 Å². The smallest absolute Gasteiger partial charge is 0.146 e. The Labute approximate surface area is 126 Å². The van der Waals surface area contributed by atoms with Crippen molar-refractivity contribution in [3.8, 4) is 0 Å². The molecule has 3 rings (SSSR count). The lowest BCUT2D eigenvalue weighted by Crippen LogP contribution is -2.53. The minimum absolute atomic E-state index is 0.132. The van der Waals surface area contributed by atoms with Gasteiger partial charge in [-0.1, -0.05) is 12.1 Å². The van der Waals surface area contributed by atoms with Crippen molar-refractivity contribution >= 4 is 5.69 Å². The number of hydrogen-bond donors (Lipinski definition) is 1. The van der Waals surface area contributed by atoms with Crippen molar-refractivity contribution in [2.75, 3.05) is 31.6 Å². The van der Waals surface area contributed by atoms with E-state index < -0.39 is 0 Å². The van der Waals surface area contributed by atoms with Crippen LogP contribution >= 0.6 is 0 Å². The van der Waals surface area contributed by atoms with E-state index in [1.807, 2.05) is 13.0 Å². The van der Waals surface area contributed by atoms with Gasteiger partial charge in [0.05, 0.1) is 5.69 Å². The minimum Gasteiger partial charge on any atom is -0.369 e. The van der Waals surface area contributed by atoms with E-state index in [4.69, 9.17) is 5.73 Å². The lowest BCUT2D eigenvalue weighted by molar-refractivity contribution is 0.102. The molecule has 0 bridgehead atoms. The Kier molecular flexibility index (Phi) is 4.18. The van der Waals surface area contributed by atoms with Crippen LogP contribution in [0.4, 0.5) is 10.1 Å². The van der Waals surface area contributed by atoms with Gasteiger partial charge < -0.3 is 15.5 Å². The van der Waals surface area contributed by atoms with Crippen LogP contribution in [0.15, 0.2) is 18.2 Å². The fourth-order valence-corrected chi connectivity index (χ4v) is 4.09. The van der Waals surface area contributed by atoms with Crippen LogP contribution in [0.1, 0.15) is 37.8 Å². The number of nitrogens with two attached hydrogens (primary N) is 1. The Morgan fingerprint density at radius 1 is 1.29 bits per heavy atom. The summed E-state index contributed by atoms with van der Waals surface area (Å²) in [5, 5.41) is 0. The van der Waals surface area contributed by atoms with Crippen LogP contribution in [0.5, 0.6) is 0 Å². The van der Waals surface area contributed by atoms with Crippen LogP contribution < -0.4 is 10.6 Å². The molecule has 3 nitrogen and oxygen atoms in total. The van der Waals surface area contributed by atoms with Gasteiger partial charge in [-0.2, -0.15) is 0 Å². The number of anilines is 1. The number of halogens is 1. The third-order valence-electron chi connectivity index (χ3n) is 5.17. The lowest BCUT2D eigenvalue weighted by atomic mass is 9.83. The molecule has 21 heavy (non-hydrogen) atoms. The lowest BCUT2D eigenvalue weighted by Gasteiger charge is -2.47. The molecule has 0 saturated carbocycles. The normalized spacial score (nSPS) is 28.3. The monoisotopic (exact) mass is 291 g/mol. The molecule has 2 fully saturated rings. The molecule has 2 aliphatic heterocycles. The first-order chi connectivity index (χ1) is 10.1. The van der Waals surface area contributed by atoms with Crippen LogP contribution in [0, 0.1) is 11.7 Å². The first-order valence-electron chi connectivity index (χ1n) is 8.07. The van der Waals surface area contributed by atoms with Crippen molar-refractivity contribution in [3.63, 3.8) is 0 Å². The van der Waals surface area contributed by atoms with E-state index >= 15 is 0 Å². The van der Waals surface area contributed by atoms with Crippen molar-refractivity contribution in [1.29, 1.82) is 0 Å². The van der Waals surface area contributed by atoms with Gasteiger partial charge in [0.2, 0.25) is 0 Å². The molecule has 1 aromatic rings. The zero-order valence-electron chi connectivity index (χ0n) is 13.1. The molecule has 0 aliphatic carbocycles. The molecule has 4 heteroatoms. The molecule has 0 spiro atoms. The fourth-order valence-electron chi connectivity index (χ4n) is 4.09. The molecular formula is C17H26FN3. The number of likely N-dealkylation sites (tertiary alicyclic amines) is 1. The van der Waals surface area contributed by atoms with Crippen molar-refractivity contribution in [3.05, 3.63) is 29.6 Å². The largest absolute Gasteiger partial charge is 0.369 e. The summed E-state index contributed by atoms with van der Waals surface area (Å²) in [5.41, 5.74) is 7.71. The second-order valence-corrected chi connectivity index (χ2v) is 6.65. The highest BCUT2D eigenvalue weighted by Crippen LogP contribution is 2.35. The van der Waals surface area contributed by atoms with Crippen LogP contribution in [0.3, 0.4) is 0 Å². The van der Waals surface area contributed by atoms with Gasteiger partial charge in [-0.3, -0.25) is 0 Å². The molecular weight excluding hydrogens is 265 g/mol. The third kappa shape index (κ3) is 2.79. The van der Waals surface area contributed by atoms with Gasteiger partial charge in [-0.25, -0.2) is 4.39 Å². The second kappa shape index (κ2) is 5.93. The van der Waals surface area contributed by atoms with Crippen molar-refractivity contribution < 1.29 is 4.39 Å². The maximum atomic E-state index is 14.4. The minimum atomic E-state index is -0.137. The third-order valence-corrected chi connectivity index (χ3v) is 5.17. The van der Waals surface area contributed by atoms with Gasteiger partial charge >= 0.3 is 0 Å². The summed E-state index contributed by atoms with van der Waals surface area (Å²) in [7, 11) is 2.23. The van der Waals surface area contributed by atoms with Crippen LogP contribution in [0.25, 0.3) is 0 Å². The first-order valence-corrected chi connectivity index (χ1v) is 8.07. The SMILES string of the molecule is C[C@@H](N)c1cccc(F)c1N1CCC2C(CCCN2C)C1. The van der Waals surface area contributed by atoms with Crippen LogP contribution in [-0.2, 0) is 0 Å². The number of fused-ring (bicyclic) bond motifs is 1. The van der Waals surface area contributed by atoms with Crippen molar-refractivity contribution in [2.24, 2.45) is 11.7 Å². The number of benzene rings is 1. The molecule has 2 aliphatic rings. The molecule has 0 radical (unpaired) electrons. The van der Waals surface area contributed by atoms with E-state index in [2.05, 4.69) is 16.8 Å². The predicted octanol–water partition coefficient (Wildman–Crippen LogP) is 2.77. The summed E-state index contributed by atoms with van der Waals surface area (Å²) < 4.78 is 14.4. The molecule has 2 saturated heterocycles. The van der Waals surface area contributed by atoms with Gasteiger partial charge in [0.25, 0.3) is 0 Å². The quantitative estimate of drug-likeness (QED) is 0.909. The first kappa shape index (κ1) is 14.8. The molecule has 2 N–H and O–H groups in total. The summed E-state index contributed by atoms with van der Waals surface area (Å²) in [6, 6.07) is 5.81. The van der Waals surface area contributed by atoms with E-state index in [9.17, 15) is 4.39 Å². The van der Waals surface area contributed by atoms with E-state index in [1.165, 1.54) is 19.4 Å². The predicted molar refractivity (Wildman–Crippen MR) is 85.0 cm³/mol.